The smallest absolute Gasteiger partial charge is 0.313 e. The maximum absolute atomic E-state index is 12.4. The molecule has 28 heavy (non-hydrogen) atoms. The van der Waals surface area contributed by atoms with Gasteiger partial charge >= 0.3 is 11.8 Å². The first-order valence-electron chi connectivity index (χ1n) is 9.44. The Morgan fingerprint density at radius 1 is 0.929 bits per heavy atom. The van der Waals surface area contributed by atoms with E-state index in [2.05, 4.69) is 10.6 Å². The van der Waals surface area contributed by atoms with Gasteiger partial charge in [0.1, 0.15) is 11.5 Å². The lowest BCUT2D eigenvalue weighted by Crippen LogP contribution is -2.43. The topological polar surface area (TPSA) is 76.7 Å². The molecule has 2 aromatic carbocycles. The molecule has 1 aliphatic carbocycles. The fraction of sp³-hybridized carbons (Fsp3) is 0.364. The van der Waals surface area contributed by atoms with Gasteiger partial charge in [0.15, 0.2) is 0 Å². The number of hydrogen-bond acceptors (Lipinski definition) is 4. The molecule has 0 aromatic heterocycles. The monoisotopic (exact) mass is 382 g/mol. The zero-order valence-electron chi connectivity index (χ0n) is 16.3. The predicted molar refractivity (Wildman–Crippen MR) is 108 cm³/mol. The SMILES string of the molecule is COc1ccc(C2(CNC(=O)C(=O)Nc3cccc(OC)c3)CCCC2)cc1. The minimum absolute atomic E-state index is 0.141. The standard InChI is InChI=1S/C22H26N2O4/c1-27-18-10-8-16(9-11-18)22(12-3-4-13-22)15-23-20(25)21(26)24-17-6-5-7-19(14-17)28-2/h5-11,14H,3-4,12-13,15H2,1-2H3,(H,23,25)(H,24,26). The number of carbonyl (C=O) groups excluding carboxylic acids is 2. The summed E-state index contributed by atoms with van der Waals surface area (Å²) in [7, 11) is 3.19. The van der Waals surface area contributed by atoms with E-state index in [-0.39, 0.29) is 5.41 Å². The summed E-state index contributed by atoms with van der Waals surface area (Å²) >= 11 is 0. The van der Waals surface area contributed by atoms with Gasteiger partial charge in [-0.05, 0) is 42.7 Å². The quantitative estimate of drug-likeness (QED) is 0.752. The van der Waals surface area contributed by atoms with E-state index in [9.17, 15) is 9.59 Å². The Kier molecular flexibility index (Phi) is 6.19. The van der Waals surface area contributed by atoms with Crippen LogP contribution in [0, 0.1) is 0 Å². The minimum Gasteiger partial charge on any atom is -0.497 e. The van der Waals surface area contributed by atoms with Crippen molar-refractivity contribution < 1.29 is 19.1 Å². The highest BCUT2D eigenvalue weighted by Gasteiger charge is 2.36. The first kappa shape index (κ1) is 19.7. The normalized spacial score (nSPS) is 14.9. The number of nitrogens with one attached hydrogen (secondary N) is 2. The van der Waals surface area contributed by atoms with E-state index in [0.717, 1.165) is 31.4 Å². The van der Waals surface area contributed by atoms with E-state index in [1.165, 1.54) is 5.56 Å². The largest absolute Gasteiger partial charge is 0.497 e. The molecule has 1 saturated carbocycles. The highest BCUT2D eigenvalue weighted by atomic mass is 16.5. The van der Waals surface area contributed by atoms with Crippen LogP contribution in [0.1, 0.15) is 31.2 Å². The molecule has 0 radical (unpaired) electrons. The molecule has 0 aliphatic heterocycles. The van der Waals surface area contributed by atoms with Crippen molar-refractivity contribution >= 4 is 17.5 Å². The molecular formula is C22H26N2O4. The first-order valence-corrected chi connectivity index (χ1v) is 9.44. The molecule has 3 rings (SSSR count). The second-order valence-corrected chi connectivity index (χ2v) is 7.08. The maximum atomic E-state index is 12.4. The molecule has 2 amide bonds. The van der Waals surface area contributed by atoms with Crippen LogP contribution >= 0.6 is 0 Å². The van der Waals surface area contributed by atoms with Crippen molar-refractivity contribution in [2.24, 2.45) is 0 Å². The third-order valence-electron chi connectivity index (χ3n) is 5.38. The molecule has 2 aromatic rings. The summed E-state index contributed by atoms with van der Waals surface area (Å²) in [6, 6.07) is 14.9. The lowest BCUT2D eigenvalue weighted by atomic mass is 9.78. The molecule has 6 nitrogen and oxygen atoms in total. The molecular weight excluding hydrogens is 356 g/mol. The Labute approximate surface area is 165 Å². The van der Waals surface area contributed by atoms with E-state index in [1.807, 2.05) is 24.3 Å². The van der Waals surface area contributed by atoms with E-state index in [0.29, 0.717) is 18.0 Å². The second-order valence-electron chi connectivity index (χ2n) is 7.08. The van der Waals surface area contributed by atoms with Crippen molar-refractivity contribution in [3.05, 3.63) is 54.1 Å². The third-order valence-corrected chi connectivity index (χ3v) is 5.38. The summed E-state index contributed by atoms with van der Waals surface area (Å²) in [6.45, 7) is 0.434. The number of rotatable bonds is 6. The maximum Gasteiger partial charge on any atom is 0.313 e. The minimum atomic E-state index is -0.684. The third kappa shape index (κ3) is 4.44. The highest BCUT2D eigenvalue weighted by Crippen LogP contribution is 2.41. The summed E-state index contributed by atoms with van der Waals surface area (Å²) in [5.41, 5.74) is 1.54. The summed E-state index contributed by atoms with van der Waals surface area (Å²) in [6.07, 6.45) is 4.18. The van der Waals surface area contributed by atoms with Crippen LogP contribution in [-0.4, -0.2) is 32.6 Å². The van der Waals surface area contributed by atoms with Crippen molar-refractivity contribution in [2.75, 3.05) is 26.1 Å². The Balaban J connectivity index is 1.64. The Bertz CT molecular complexity index is 827. The van der Waals surface area contributed by atoms with E-state index in [4.69, 9.17) is 9.47 Å². The van der Waals surface area contributed by atoms with Crippen molar-refractivity contribution in [2.45, 2.75) is 31.1 Å². The highest BCUT2D eigenvalue weighted by molar-refractivity contribution is 6.39. The predicted octanol–water partition coefficient (Wildman–Crippen LogP) is 3.27. The molecule has 2 N–H and O–H groups in total. The lowest BCUT2D eigenvalue weighted by Gasteiger charge is -2.30. The van der Waals surface area contributed by atoms with Crippen LogP contribution in [0.15, 0.2) is 48.5 Å². The van der Waals surface area contributed by atoms with Crippen LogP contribution in [0.5, 0.6) is 11.5 Å². The second kappa shape index (κ2) is 8.78. The number of ether oxygens (including phenoxy) is 2. The van der Waals surface area contributed by atoms with E-state index >= 15 is 0 Å². The van der Waals surface area contributed by atoms with Crippen molar-refractivity contribution in [3.63, 3.8) is 0 Å². The first-order chi connectivity index (χ1) is 13.6. The Morgan fingerprint density at radius 2 is 1.61 bits per heavy atom. The van der Waals surface area contributed by atoms with Crippen LogP contribution in [0.4, 0.5) is 5.69 Å². The molecule has 0 bridgehead atoms. The van der Waals surface area contributed by atoms with Gasteiger partial charge in [-0.3, -0.25) is 9.59 Å². The van der Waals surface area contributed by atoms with Crippen LogP contribution in [0.2, 0.25) is 0 Å². The van der Waals surface area contributed by atoms with Gasteiger partial charge in [-0.1, -0.05) is 31.0 Å². The van der Waals surface area contributed by atoms with Crippen LogP contribution in [-0.2, 0) is 15.0 Å². The van der Waals surface area contributed by atoms with E-state index in [1.54, 1.807) is 38.5 Å². The van der Waals surface area contributed by atoms with Crippen LogP contribution in [0.3, 0.4) is 0 Å². The average molecular weight is 382 g/mol. The summed E-state index contributed by atoms with van der Waals surface area (Å²) < 4.78 is 10.4. The van der Waals surface area contributed by atoms with Gasteiger partial charge in [-0.25, -0.2) is 0 Å². The number of benzene rings is 2. The molecule has 0 heterocycles. The molecule has 0 saturated heterocycles. The van der Waals surface area contributed by atoms with Gasteiger partial charge in [0.2, 0.25) is 0 Å². The fourth-order valence-electron chi connectivity index (χ4n) is 3.78. The van der Waals surface area contributed by atoms with Crippen molar-refractivity contribution in [1.29, 1.82) is 0 Å². The van der Waals surface area contributed by atoms with Gasteiger partial charge < -0.3 is 20.1 Å². The number of methoxy groups -OCH3 is 2. The molecule has 1 fully saturated rings. The van der Waals surface area contributed by atoms with Crippen LogP contribution < -0.4 is 20.1 Å². The zero-order chi connectivity index (χ0) is 20.0. The molecule has 0 unspecified atom stereocenters. The van der Waals surface area contributed by atoms with Crippen molar-refractivity contribution in [1.82, 2.24) is 5.32 Å². The van der Waals surface area contributed by atoms with Gasteiger partial charge in [-0.2, -0.15) is 0 Å². The zero-order valence-corrected chi connectivity index (χ0v) is 16.3. The molecule has 1 aliphatic rings. The average Bonchev–Trinajstić information content (AvgIpc) is 3.22. The number of hydrogen-bond donors (Lipinski definition) is 2. The number of carbonyl (C=O) groups is 2. The number of anilines is 1. The molecule has 0 spiro atoms. The van der Waals surface area contributed by atoms with Crippen LogP contribution in [0.25, 0.3) is 0 Å². The summed E-state index contributed by atoms with van der Waals surface area (Å²) in [5.74, 6) is 0.0972. The Hall–Kier alpha value is -3.02. The van der Waals surface area contributed by atoms with E-state index < -0.39 is 11.8 Å². The Morgan fingerprint density at radius 3 is 2.25 bits per heavy atom. The summed E-state index contributed by atoms with van der Waals surface area (Å²) in [4.78, 5) is 24.6. The van der Waals surface area contributed by atoms with Crippen molar-refractivity contribution in [3.8, 4) is 11.5 Å². The van der Waals surface area contributed by atoms with Gasteiger partial charge in [-0.15, -0.1) is 0 Å². The lowest BCUT2D eigenvalue weighted by molar-refractivity contribution is -0.136. The molecule has 0 atom stereocenters. The van der Waals surface area contributed by atoms with Gasteiger partial charge in [0, 0.05) is 23.7 Å². The molecule has 148 valence electrons. The van der Waals surface area contributed by atoms with Gasteiger partial charge in [0.25, 0.3) is 0 Å². The summed E-state index contributed by atoms with van der Waals surface area (Å²) in [5, 5.41) is 5.44. The molecule has 6 heteroatoms. The van der Waals surface area contributed by atoms with Gasteiger partial charge in [0.05, 0.1) is 14.2 Å². The number of amides is 2. The fourth-order valence-corrected chi connectivity index (χ4v) is 3.78.